The van der Waals surface area contributed by atoms with Gasteiger partial charge in [0.05, 0.1) is 6.42 Å². The summed E-state index contributed by atoms with van der Waals surface area (Å²) in [6, 6.07) is 12.8. The third-order valence-electron chi connectivity index (χ3n) is 5.95. The average molecular weight is 461 g/mol. The zero-order valence-corrected chi connectivity index (χ0v) is 19.7. The van der Waals surface area contributed by atoms with Gasteiger partial charge in [-0.05, 0) is 43.9 Å². The summed E-state index contributed by atoms with van der Waals surface area (Å²) >= 11 is 12.8. The van der Waals surface area contributed by atoms with E-state index in [9.17, 15) is 9.59 Å². The molecule has 0 aromatic heterocycles. The minimum atomic E-state index is -0.578. The van der Waals surface area contributed by atoms with Gasteiger partial charge in [-0.1, -0.05) is 78.9 Å². The van der Waals surface area contributed by atoms with Crippen LogP contribution in [0.15, 0.2) is 42.5 Å². The summed E-state index contributed by atoms with van der Waals surface area (Å²) in [4.78, 5) is 28.2. The van der Waals surface area contributed by atoms with Crippen LogP contribution < -0.4 is 5.32 Å². The van der Waals surface area contributed by atoms with Gasteiger partial charge in [0.2, 0.25) is 11.8 Å². The average Bonchev–Trinajstić information content (AvgIpc) is 3.24. The molecule has 0 radical (unpaired) electrons. The minimum absolute atomic E-state index is 0.102. The first-order valence-corrected chi connectivity index (χ1v) is 11.7. The smallest absolute Gasteiger partial charge is 0.243 e. The van der Waals surface area contributed by atoms with Crippen LogP contribution in [0.25, 0.3) is 0 Å². The van der Waals surface area contributed by atoms with E-state index in [0.717, 1.165) is 36.8 Å². The minimum Gasteiger partial charge on any atom is -0.352 e. The van der Waals surface area contributed by atoms with Gasteiger partial charge in [0.1, 0.15) is 6.04 Å². The molecule has 1 fully saturated rings. The monoisotopic (exact) mass is 460 g/mol. The van der Waals surface area contributed by atoms with E-state index in [0.29, 0.717) is 22.0 Å². The molecule has 0 aliphatic heterocycles. The summed E-state index contributed by atoms with van der Waals surface area (Å²) in [5.41, 5.74) is 2.71. The molecule has 6 heteroatoms. The second kappa shape index (κ2) is 11.0. The maximum absolute atomic E-state index is 13.4. The third kappa shape index (κ3) is 6.24. The van der Waals surface area contributed by atoms with Crippen molar-refractivity contribution in [3.8, 4) is 0 Å². The Morgan fingerprint density at radius 2 is 1.68 bits per heavy atom. The first-order valence-electron chi connectivity index (χ1n) is 11.0. The van der Waals surface area contributed by atoms with E-state index in [-0.39, 0.29) is 30.8 Å². The number of hydrogen-bond acceptors (Lipinski definition) is 2. The molecular formula is C25H30Cl2N2O2. The van der Waals surface area contributed by atoms with E-state index < -0.39 is 6.04 Å². The number of amides is 2. The van der Waals surface area contributed by atoms with Crippen molar-refractivity contribution in [2.75, 3.05) is 0 Å². The molecule has 1 saturated carbocycles. The summed E-state index contributed by atoms with van der Waals surface area (Å²) < 4.78 is 0. The molecule has 0 heterocycles. The topological polar surface area (TPSA) is 49.4 Å². The lowest BCUT2D eigenvalue weighted by Crippen LogP contribution is -2.51. The fraction of sp³-hybridized carbons (Fsp3) is 0.440. The molecule has 2 aromatic rings. The second-order valence-electron chi connectivity index (χ2n) is 8.30. The Hall–Kier alpha value is -2.04. The third-order valence-corrected chi connectivity index (χ3v) is 6.66. The van der Waals surface area contributed by atoms with Crippen molar-refractivity contribution in [3.63, 3.8) is 0 Å². The van der Waals surface area contributed by atoms with Gasteiger partial charge < -0.3 is 10.2 Å². The van der Waals surface area contributed by atoms with E-state index in [4.69, 9.17) is 23.2 Å². The molecule has 2 amide bonds. The van der Waals surface area contributed by atoms with Crippen LogP contribution in [0.1, 0.15) is 55.7 Å². The molecule has 0 spiro atoms. The zero-order valence-electron chi connectivity index (χ0n) is 18.2. The van der Waals surface area contributed by atoms with Crippen LogP contribution in [0, 0.1) is 6.92 Å². The summed E-state index contributed by atoms with van der Waals surface area (Å²) in [7, 11) is 0. The molecule has 1 unspecified atom stereocenters. The van der Waals surface area contributed by atoms with Crippen LogP contribution in [0.3, 0.4) is 0 Å². The van der Waals surface area contributed by atoms with Crippen molar-refractivity contribution >= 4 is 35.0 Å². The number of carbonyl (C=O) groups excluding carboxylic acids is 2. The number of rotatable bonds is 8. The Labute approximate surface area is 194 Å². The normalized spacial score (nSPS) is 15.0. The van der Waals surface area contributed by atoms with Gasteiger partial charge in [-0.2, -0.15) is 0 Å². The molecule has 1 aliphatic rings. The van der Waals surface area contributed by atoms with Gasteiger partial charge in [-0.3, -0.25) is 9.59 Å². The van der Waals surface area contributed by atoms with Gasteiger partial charge in [-0.15, -0.1) is 0 Å². The van der Waals surface area contributed by atoms with Crippen molar-refractivity contribution < 1.29 is 9.59 Å². The summed E-state index contributed by atoms with van der Waals surface area (Å²) in [5, 5.41) is 4.14. The fourth-order valence-corrected chi connectivity index (χ4v) is 4.64. The van der Waals surface area contributed by atoms with Crippen molar-refractivity contribution in [2.45, 2.75) is 71.0 Å². The Morgan fingerprint density at radius 3 is 2.26 bits per heavy atom. The number of carbonyl (C=O) groups is 2. The predicted octanol–water partition coefficient (Wildman–Crippen LogP) is 5.71. The van der Waals surface area contributed by atoms with Gasteiger partial charge in [0.15, 0.2) is 0 Å². The molecule has 2 aromatic carbocycles. The highest BCUT2D eigenvalue weighted by Gasteiger charge is 2.31. The SMILES string of the molecule is CCC(C(=O)NC1CCCC1)N(Cc1c(Cl)cccc1Cl)C(=O)Cc1ccc(C)cc1. The van der Waals surface area contributed by atoms with Crippen LogP contribution >= 0.6 is 23.2 Å². The Morgan fingerprint density at radius 1 is 1.06 bits per heavy atom. The predicted molar refractivity (Wildman–Crippen MR) is 126 cm³/mol. The van der Waals surface area contributed by atoms with Gasteiger partial charge in [0, 0.05) is 28.2 Å². The van der Waals surface area contributed by atoms with Gasteiger partial charge in [0.25, 0.3) is 0 Å². The van der Waals surface area contributed by atoms with Crippen molar-refractivity contribution in [1.29, 1.82) is 0 Å². The first kappa shape index (κ1) is 23.6. The van der Waals surface area contributed by atoms with Crippen LogP contribution in [0.5, 0.6) is 0 Å². The number of nitrogens with one attached hydrogen (secondary N) is 1. The molecule has 1 atom stereocenters. The lowest BCUT2D eigenvalue weighted by Gasteiger charge is -2.32. The highest BCUT2D eigenvalue weighted by atomic mass is 35.5. The molecular weight excluding hydrogens is 431 g/mol. The van der Waals surface area contributed by atoms with Crippen molar-refractivity contribution in [2.24, 2.45) is 0 Å². The van der Waals surface area contributed by atoms with Crippen LogP contribution in [0.4, 0.5) is 0 Å². The van der Waals surface area contributed by atoms with Crippen LogP contribution in [-0.2, 0) is 22.6 Å². The highest BCUT2D eigenvalue weighted by Crippen LogP contribution is 2.27. The molecule has 1 aliphatic carbocycles. The first-order chi connectivity index (χ1) is 14.9. The van der Waals surface area contributed by atoms with E-state index in [1.54, 1.807) is 23.1 Å². The number of benzene rings is 2. The second-order valence-corrected chi connectivity index (χ2v) is 9.11. The fourth-order valence-electron chi connectivity index (χ4n) is 4.12. The maximum Gasteiger partial charge on any atom is 0.243 e. The molecule has 1 N–H and O–H groups in total. The molecule has 31 heavy (non-hydrogen) atoms. The number of halogens is 2. The standard InChI is InChI=1S/C25H30Cl2N2O2/c1-3-23(25(31)28-19-7-4-5-8-19)29(16-20-21(26)9-6-10-22(20)27)24(30)15-18-13-11-17(2)12-14-18/h6,9-14,19,23H,3-5,7-8,15-16H2,1-2H3,(H,28,31). The summed E-state index contributed by atoms with van der Waals surface area (Å²) in [6.07, 6.45) is 4.99. The molecule has 4 nitrogen and oxygen atoms in total. The van der Waals surface area contributed by atoms with Gasteiger partial charge in [-0.25, -0.2) is 0 Å². The lowest BCUT2D eigenvalue weighted by atomic mass is 10.1. The Bertz CT molecular complexity index is 888. The van der Waals surface area contributed by atoms with Crippen molar-refractivity contribution in [1.82, 2.24) is 10.2 Å². The number of aryl methyl sites for hydroxylation is 1. The van der Waals surface area contributed by atoms with E-state index in [2.05, 4.69) is 5.32 Å². The largest absolute Gasteiger partial charge is 0.352 e. The van der Waals surface area contributed by atoms with E-state index in [1.165, 1.54) is 0 Å². The van der Waals surface area contributed by atoms with Gasteiger partial charge >= 0.3 is 0 Å². The van der Waals surface area contributed by atoms with E-state index >= 15 is 0 Å². The summed E-state index contributed by atoms with van der Waals surface area (Å²) in [6.45, 7) is 4.14. The number of hydrogen-bond donors (Lipinski definition) is 1. The van der Waals surface area contributed by atoms with Crippen LogP contribution in [0.2, 0.25) is 10.0 Å². The van der Waals surface area contributed by atoms with Crippen LogP contribution in [-0.4, -0.2) is 28.8 Å². The number of nitrogens with zero attached hydrogens (tertiary/aromatic N) is 1. The Balaban J connectivity index is 1.86. The Kier molecular flexibility index (Phi) is 8.39. The lowest BCUT2D eigenvalue weighted by molar-refractivity contribution is -0.141. The molecule has 166 valence electrons. The summed E-state index contributed by atoms with van der Waals surface area (Å²) in [5.74, 6) is -0.219. The quantitative estimate of drug-likeness (QED) is 0.548. The maximum atomic E-state index is 13.4. The molecule has 0 bridgehead atoms. The zero-order chi connectivity index (χ0) is 22.4. The van der Waals surface area contributed by atoms with E-state index in [1.807, 2.05) is 38.1 Å². The molecule has 0 saturated heterocycles. The highest BCUT2D eigenvalue weighted by molar-refractivity contribution is 6.36. The molecule has 3 rings (SSSR count). The van der Waals surface area contributed by atoms with Crippen molar-refractivity contribution in [3.05, 3.63) is 69.2 Å².